The van der Waals surface area contributed by atoms with Crippen molar-refractivity contribution in [3.8, 4) is 0 Å². The Morgan fingerprint density at radius 2 is 2.08 bits per heavy atom. The molecule has 68 valence electrons. The van der Waals surface area contributed by atoms with E-state index >= 15 is 0 Å². The van der Waals surface area contributed by atoms with E-state index in [9.17, 15) is 4.79 Å². The molecule has 0 aliphatic carbocycles. The molecule has 3 N–H and O–H groups in total. The summed E-state index contributed by atoms with van der Waals surface area (Å²) in [7, 11) is 0. The van der Waals surface area contributed by atoms with Gasteiger partial charge in [-0.3, -0.25) is 4.79 Å². The number of nitrogens with one attached hydrogen (secondary N) is 1. The fraction of sp³-hybridized carbons (Fsp3) is 0.111. The summed E-state index contributed by atoms with van der Waals surface area (Å²) in [5.74, 6) is -0.135. The van der Waals surface area contributed by atoms with Gasteiger partial charge in [-0.15, -0.1) is 0 Å². The summed E-state index contributed by atoms with van der Waals surface area (Å²) in [5.41, 5.74) is 6.81. The predicted molar refractivity (Wildman–Crippen MR) is 56.6 cm³/mol. The summed E-state index contributed by atoms with van der Waals surface area (Å²) in [6, 6.07) is 7.16. The standard InChI is InChI=1S/C9H10N2OS/c1-6(12)11-8-5-3-2-4-7(8)9(10)13/h2-5H,1H3,(H2,10,13)(H,11,12). The first kappa shape index (κ1) is 9.67. The topological polar surface area (TPSA) is 55.1 Å². The van der Waals surface area contributed by atoms with Gasteiger partial charge in [-0.1, -0.05) is 24.4 Å². The van der Waals surface area contributed by atoms with Crippen molar-refractivity contribution in [3.63, 3.8) is 0 Å². The molecule has 0 bridgehead atoms. The van der Waals surface area contributed by atoms with Crippen LogP contribution in [0.5, 0.6) is 0 Å². The maximum Gasteiger partial charge on any atom is 0.221 e. The smallest absolute Gasteiger partial charge is 0.221 e. The van der Waals surface area contributed by atoms with Crippen LogP contribution in [0.3, 0.4) is 0 Å². The molecule has 0 atom stereocenters. The van der Waals surface area contributed by atoms with Gasteiger partial charge in [-0.25, -0.2) is 0 Å². The minimum absolute atomic E-state index is 0.135. The number of para-hydroxylation sites is 1. The van der Waals surface area contributed by atoms with E-state index in [1.807, 2.05) is 12.1 Å². The van der Waals surface area contributed by atoms with E-state index in [1.54, 1.807) is 12.1 Å². The lowest BCUT2D eigenvalue weighted by Crippen LogP contribution is -2.15. The summed E-state index contributed by atoms with van der Waals surface area (Å²) in [4.78, 5) is 11.1. The largest absolute Gasteiger partial charge is 0.389 e. The SMILES string of the molecule is CC(=O)Nc1ccccc1C(N)=S. The highest BCUT2D eigenvalue weighted by Gasteiger charge is 2.04. The zero-order chi connectivity index (χ0) is 9.84. The normalized spacial score (nSPS) is 9.31. The van der Waals surface area contributed by atoms with Crippen LogP contribution in [0.1, 0.15) is 12.5 Å². The van der Waals surface area contributed by atoms with E-state index in [0.29, 0.717) is 11.3 Å². The number of carbonyl (C=O) groups excluding carboxylic acids is 1. The van der Waals surface area contributed by atoms with E-state index in [2.05, 4.69) is 5.32 Å². The van der Waals surface area contributed by atoms with Crippen molar-refractivity contribution in [2.24, 2.45) is 5.73 Å². The zero-order valence-electron chi connectivity index (χ0n) is 7.20. The molecule has 1 aromatic rings. The third-order valence-corrected chi connectivity index (χ3v) is 1.72. The van der Waals surface area contributed by atoms with E-state index in [4.69, 9.17) is 18.0 Å². The average molecular weight is 194 g/mol. The first-order chi connectivity index (χ1) is 6.11. The first-order valence-electron chi connectivity index (χ1n) is 3.77. The molecule has 0 aliphatic heterocycles. The summed E-state index contributed by atoms with van der Waals surface area (Å²) < 4.78 is 0. The van der Waals surface area contributed by atoms with Gasteiger partial charge in [0.05, 0.1) is 5.69 Å². The molecule has 0 fully saturated rings. The van der Waals surface area contributed by atoms with E-state index in [0.717, 1.165) is 0 Å². The summed E-state index contributed by atoms with van der Waals surface area (Å²) in [6.45, 7) is 1.44. The number of hydrogen-bond acceptors (Lipinski definition) is 2. The minimum atomic E-state index is -0.135. The lowest BCUT2D eigenvalue weighted by Gasteiger charge is -2.07. The van der Waals surface area contributed by atoms with E-state index in [-0.39, 0.29) is 10.9 Å². The van der Waals surface area contributed by atoms with Gasteiger partial charge in [0.1, 0.15) is 4.99 Å². The summed E-state index contributed by atoms with van der Waals surface area (Å²) in [5, 5.41) is 2.65. The van der Waals surface area contributed by atoms with Crippen molar-refractivity contribution in [1.82, 2.24) is 0 Å². The Morgan fingerprint density at radius 1 is 1.46 bits per heavy atom. The molecule has 0 radical (unpaired) electrons. The highest BCUT2D eigenvalue weighted by molar-refractivity contribution is 7.80. The van der Waals surface area contributed by atoms with Crippen molar-refractivity contribution in [3.05, 3.63) is 29.8 Å². The predicted octanol–water partition coefficient (Wildman–Crippen LogP) is 1.28. The van der Waals surface area contributed by atoms with E-state index in [1.165, 1.54) is 6.92 Å². The van der Waals surface area contributed by atoms with Crippen LogP contribution in [0.25, 0.3) is 0 Å². The molecule has 0 spiro atoms. The lowest BCUT2D eigenvalue weighted by atomic mass is 10.2. The van der Waals surface area contributed by atoms with Crippen LogP contribution in [-0.4, -0.2) is 10.9 Å². The first-order valence-corrected chi connectivity index (χ1v) is 4.18. The zero-order valence-corrected chi connectivity index (χ0v) is 8.02. The molecule has 0 saturated carbocycles. The fourth-order valence-electron chi connectivity index (χ4n) is 0.997. The van der Waals surface area contributed by atoms with Gasteiger partial charge in [0.15, 0.2) is 0 Å². The second kappa shape index (κ2) is 4.00. The van der Waals surface area contributed by atoms with Crippen LogP contribution < -0.4 is 11.1 Å². The van der Waals surface area contributed by atoms with Gasteiger partial charge in [-0.05, 0) is 12.1 Å². The number of anilines is 1. The van der Waals surface area contributed by atoms with E-state index < -0.39 is 0 Å². The highest BCUT2D eigenvalue weighted by Crippen LogP contribution is 2.14. The lowest BCUT2D eigenvalue weighted by molar-refractivity contribution is -0.114. The molecule has 4 heteroatoms. The van der Waals surface area contributed by atoms with Crippen LogP contribution in [0.2, 0.25) is 0 Å². The Kier molecular flexibility index (Phi) is 2.97. The Morgan fingerprint density at radius 3 is 2.62 bits per heavy atom. The Balaban J connectivity index is 3.04. The molecule has 13 heavy (non-hydrogen) atoms. The van der Waals surface area contributed by atoms with Gasteiger partial charge >= 0.3 is 0 Å². The molecule has 0 heterocycles. The maximum absolute atomic E-state index is 10.8. The molecule has 1 aromatic carbocycles. The van der Waals surface area contributed by atoms with Crippen molar-refractivity contribution in [1.29, 1.82) is 0 Å². The van der Waals surface area contributed by atoms with Crippen LogP contribution in [0.15, 0.2) is 24.3 Å². The number of carbonyl (C=O) groups is 1. The van der Waals surface area contributed by atoms with Gasteiger partial charge < -0.3 is 11.1 Å². The highest BCUT2D eigenvalue weighted by atomic mass is 32.1. The van der Waals surface area contributed by atoms with Gasteiger partial charge in [0.25, 0.3) is 0 Å². The van der Waals surface area contributed by atoms with Crippen molar-refractivity contribution < 1.29 is 4.79 Å². The third kappa shape index (κ3) is 2.52. The molecular formula is C9H10N2OS. The van der Waals surface area contributed by atoms with Crippen LogP contribution >= 0.6 is 12.2 Å². The number of thiocarbonyl (C=S) groups is 1. The molecule has 3 nitrogen and oxygen atoms in total. The minimum Gasteiger partial charge on any atom is -0.389 e. The van der Waals surface area contributed by atoms with Gasteiger partial charge in [0, 0.05) is 12.5 Å². The van der Waals surface area contributed by atoms with Crippen LogP contribution in [0, 0.1) is 0 Å². The Labute approximate surface area is 81.9 Å². The summed E-state index contributed by atoms with van der Waals surface area (Å²) in [6.07, 6.45) is 0. The van der Waals surface area contributed by atoms with Gasteiger partial charge in [0.2, 0.25) is 5.91 Å². The van der Waals surface area contributed by atoms with Gasteiger partial charge in [-0.2, -0.15) is 0 Å². The third-order valence-electron chi connectivity index (χ3n) is 1.50. The van der Waals surface area contributed by atoms with Crippen LogP contribution in [0.4, 0.5) is 5.69 Å². The number of nitrogens with two attached hydrogens (primary N) is 1. The number of benzene rings is 1. The second-order valence-electron chi connectivity index (χ2n) is 2.59. The molecular weight excluding hydrogens is 184 g/mol. The number of amides is 1. The molecule has 1 amide bonds. The molecule has 0 aliphatic rings. The Bertz CT molecular complexity index is 349. The van der Waals surface area contributed by atoms with Crippen molar-refractivity contribution >= 4 is 28.8 Å². The number of hydrogen-bond donors (Lipinski definition) is 2. The molecule has 0 aromatic heterocycles. The number of rotatable bonds is 2. The molecule has 0 saturated heterocycles. The maximum atomic E-state index is 10.8. The fourth-order valence-corrected chi connectivity index (χ4v) is 1.17. The summed E-state index contributed by atoms with van der Waals surface area (Å²) >= 11 is 4.83. The average Bonchev–Trinajstić information content (AvgIpc) is 2.03. The quantitative estimate of drug-likeness (QED) is 0.697. The molecule has 0 unspecified atom stereocenters. The Hall–Kier alpha value is -1.42. The van der Waals surface area contributed by atoms with Crippen LogP contribution in [-0.2, 0) is 4.79 Å². The van der Waals surface area contributed by atoms with Crippen molar-refractivity contribution in [2.75, 3.05) is 5.32 Å². The molecule has 1 rings (SSSR count). The monoisotopic (exact) mass is 194 g/mol. The second-order valence-corrected chi connectivity index (χ2v) is 3.03. The van der Waals surface area contributed by atoms with Crippen molar-refractivity contribution in [2.45, 2.75) is 6.92 Å².